The van der Waals surface area contributed by atoms with E-state index in [1.165, 1.54) is 6.07 Å². The standard InChI is InChI=1S/C9H11BN2O2/c1-2-12-9-5-8(10(13)14)4-3-7(9)6-11/h3-5,12-14H,2H2,1H3. The average Bonchev–Trinajstić information content (AvgIpc) is 2.18. The zero-order valence-corrected chi connectivity index (χ0v) is 7.86. The van der Waals surface area contributed by atoms with Crippen LogP contribution in [0, 0.1) is 11.3 Å². The van der Waals surface area contributed by atoms with Gasteiger partial charge in [-0.2, -0.15) is 5.26 Å². The van der Waals surface area contributed by atoms with Gasteiger partial charge in [0.2, 0.25) is 0 Å². The molecule has 0 saturated heterocycles. The second-order valence-electron chi connectivity index (χ2n) is 2.82. The van der Waals surface area contributed by atoms with Gasteiger partial charge in [0.1, 0.15) is 6.07 Å². The number of nitrogens with one attached hydrogen (secondary N) is 1. The first kappa shape index (κ1) is 10.6. The van der Waals surface area contributed by atoms with Gasteiger partial charge in [-0.3, -0.25) is 0 Å². The molecule has 0 heterocycles. The molecule has 0 aliphatic heterocycles. The second-order valence-corrected chi connectivity index (χ2v) is 2.82. The van der Waals surface area contributed by atoms with Crippen molar-refractivity contribution in [2.24, 2.45) is 0 Å². The Labute approximate surface area is 82.9 Å². The SMILES string of the molecule is CCNc1cc(B(O)O)ccc1C#N. The monoisotopic (exact) mass is 190 g/mol. The van der Waals surface area contributed by atoms with Crippen molar-refractivity contribution in [1.82, 2.24) is 0 Å². The third-order valence-electron chi connectivity index (χ3n) is 1.83. The Morgan fingerprint density at radius 3 is 2.71 bits per heavy atom. The van der Waals surface area contributed by atoms with E-state index >= 15 is 0 Å². The Hall–Kier alpha value is -1.51. The van der Waals surface area contributed by atoms with Crippen molar-refractivity contribution in [1.29, 1.82) is 5.26 Å². The molecule has 1 aromatic rings. The van der Waals surface area contributed by atoms with E-state index in [2.05, 4.69) is 5.32 Å². The summed E-state index contributed by atoms with van der Waals surface area (Å²) in [6, 6.07) is 6.66. The molecule has 0 spiro atoms. The first-order valence-corrected chi connectivity index (χ1v) is 4.33. The highest BCUT2D eigenvalue weighted by atomic mass is 16.4. The van der Waals surface area contributed by atoms with Crippen molar-refractivity contribution < 1.29 is 10.0 Å². The molecule has 0 fully saturated rings. The summed E-state index contributed by atoms with van der Waals surface area (Å²) < 4.78 is 0. The highest BCUT2D eigenvalue weighted by Crippen LogP contribution is 2.11. The Kier molecular flexibility index (Phi) is 3.51. The minimum Gasteiger partial charge on any atom is -0.423 e. The van der Waals surface area contributed by atoms with Gasteiger partial charge in [-0.25, -0.2) is 0 Å². The van der Waals surface area contributed by atoms with Crippen LogP contribution < -0.4 is 10.8 Å². The number of hydrogen-bond donors (Lipinski definition) is 3. The fourth-order valence-corrected chi connectivity index (χ4v) is 1.16. The normalized spacial score (nSPS) is 9.29. The van der Waals surface area contributed by atoms with Crippen molar-refractivity contribution in [2.45, 2.75) is 6.92 Å². The molecule has 3 N–H and O–H groups in total. The molecular formula is C9H11BN2O2. The van der Waals surface area contributed by atoms with Crippen LogP contribution in [0.25, 0.3) is 0 Å². The molecule has 0 atom stereocenters. The zero-order valence-electron chi connectivity index (χ0n) is 7.86. The summed E-state index contributed by atoms with van der Waals surface area (Å²) in [5.74, 6) is 0. The number of hydrogen-bond acceptors (Lipinski definition) is 4. The van der Waals surface area contributed by atoms with Gasteiger partial charge in [-0.05, 0) is 24.5 Å². The van der Waals surface area contributed by atoms with Crippen molar-refractivity contribution in [3.63, 3.8) is 0 Å². The average molecular weight is 190 g/mol. The summed E-state index contributed by atoms with van der Waals surface area (Å²) in [5.41, 5.74) is 1.50. The van der Waals surface area contributed by atoms with E-state index in [0.29, 0.717) is 23.3 Å². The fraction of sp³-hybridized carbons (Fsp3) is 0.222. The van der Waals surface area contributed by atoms with Crippen LogP contribution in [0.2, 0.25) is 0 Å². The highest BCUT2D eigenvalue weighted by molar-refractivity contribution is 6.58. The van der Waals surface area contributed by atoms with E-state index in [1.807, 2.05) is 13.0 Å². The van der Waals surface area contributed by atoms with E-state index < -0.39 is 7.12 Å². The lowest BCUT2D eigenvalue weighted by molar-refractivity contribution is 0.426. The molecule has 1 rings (SSSR count). The zero-order chi connectivity index (χ0) is 10.6. The molecule has 5 heteroatoms. The molecule has 0 amide bonds. The Bertz CT molecular complexity index is 360. The number of nitriles is 1. The molecule has 0 aliphatic carbocycles. The first-order chi connectivity index (χ1) is 6.69. The maximum absolute atomic E-state index is 8.92. The number of nitrogens with zero attached hydrogens (tertiary/aromatic N) is 1. The third-order valence-corrected chi connectivity index (χ3v) is 1.83. The molecule has 0 saturated carbocycles. The van der Waals surface area contributed by atoms with Crippen LogP contribution >= 0.6 is 0 Å². The molecule has 72 valence electrons. The molecule has 1 aromatic carbocycles. The summed E-state index contributed by atoms with van der Waals surface area (Å²) in [5, 5.41) is 29.6. The van der Waals surface area contributed by atoms with E-state index in [0.717, 1.165) is 0 Å². The molecule has 14 heavy (non-hydrogen) atoms. The van der Waals surface area contributed by atoms with Crippen LogP contribution in [-0.4, -0.2) is 23.7 Å². The molecule has 0 bridgehead atoms. The lowest BCUT2D eigenvalue weighted by atomic mass is 9.79. The Balaban J connectivity index is 3.09. The van der Waals surface area contributed by atoms with Gasteiger partial charge in [0.25, 0.3) is 0 Å². The largest absolute Gasteiger partial charge is 0.488 e. The first-order valence-electron chi connectivity index (χ1n) is 4.33. The van der Waals surface area contributed by atoms with Crippen molar-refractivity contribution >= 4 is 18.3 Å². The van der Waals surface area contributed by atoms with Crippen LogP contribution in [0.5, 0.6) is 0 Å². The van der Waals surface area contributed by atoms with E-state index in [1.54, 1.807) is 12.1 Å². The van der Waals surface area contributed by atoms with Crippen molar-refractivity contribution in [3.05, 3.63) is 23.8 Å². The molecule has 0 radical (unpaired) electrons. The molecule has 0 aromatic heterocycles. The number of rotatable bonds is 3. The van der Waals surface area contributed by atoms with Gasteiger partial charge in [0.05, 0.1) is 11.3 Å². The van der Waals surface area contributed by atoms with Crippen molar-refractivity contribution in [3.8, 4) is 6.07 Å². The summed E-state index contributed by atoms with van der Waals surface area (Å²) >= 11 is 0. The second kappa shape index (κ2) is 4.65. The summed E-state index contributed by atoms with van der Waals surface area (Å²) in [7, 11) is -1.50. The van der Waals surface area contributed by atoms with E-state index in [-0.39, 0.29) is 0 Å². The van der Waals surface area contributed by atoms with Crippen molar-refractivity contribution in [2.75, 3.05) is 11.9 Å². The third kappa shape index (κ3) is 2.25. The summed E-state index contributed by atoms with van der Waals surface area (Å²) in [4.78, 5) is 0. The van der Waals surface area contributed by atoms with Gasteiger partial charge in [-0.1, -0.05) is 6.07 Å². The molecule has 4 nitrogen and oxygen atoms in total. The Morgan fingerprint density at radius 1 is 1.50 bits per heavy atom. The quantitative estimate of drug-likeness (QED) is 0.570. The van der Waals surface area contributed by atoms with Gasteiger partial charge >= 0.3 is 7.12 Å². The fourth-order valence-electron chi connectivity index (χ4n) is 1.16. The summed E-state index contributed by atoms with van der Waals surface area (Å²) in [6.45, 7) is 2.59. The van der Waals surface area contributed by atoms with Gasteiger partial charge in [-0.15, -0.1) is 0 Å². The lowest BCUT2D eigenvalue weighted by Gasteiger charge is -2.07. The Morgan fingerprint density at radius 2 is 2.21 bits per heavy atom. The summed E-state index contributed by atoms with van der Waals surface area (Å²) in [6.07, 6.45) is 0. The maximum Gasteiger partial charge on any atom is 0.488 e. The number of benzene rings is 1. The van der Waals surface area contributed by atoms with E-state index in [9.17, 15) is 0 Å². The molecular weight excluding hydrogens is 179 g/mol. The van der Waals surface area contributed by atoms with E-state index in [4.69, 9.17) is 15.3 Å². The predicted molar refractivity (Wildman–Crippen MR) is 55.1 cm³/mol. The molecule has 0 unspecified atom stereocenters. The van der Waals surface area contributed by atoms with Gasteiger partial charge in [0, 0.05) is 6.54 Å². The van der Waals surface area contributed by atoms with Crippen LogP contribution in [0.3, 0.4) is 0 Å². The van der Waals surface area contributed by atoms with Gasteiger partial charge < -0.3 is 15.4 Å². The molecule has 0 aliphatic rings. The highest BCUT2D eigenvalue weighted by Gasteiger charge is 2.12. The lowest BCUT2D eigenvalue weighted by Crippen LogP contribution is -2.30. The van der Waals surface area contributed by atoms with Gasteiger partial charge in [0.15, 0.2) is 0 Å². The van der Waals surface area contributed by atoms with Crippen LogP contribution in [-0.2, 0) is 0 Å². The smallest absolute Gasteiger partial charge is 0.423 e. The van der Waals surface area contributed by atoms with Crippen LogP contribution in [0.15, 0.2) is 18.2 Å². The van der Waals surface area contributed by atoms with Crippen LogP contribution in [0.1, 0.15) is 12.5 Å². The predicted octanol–water partition coefficient (Wildman–Crippen LogP) is -0.330. The minimum absolute atomic E-state index is 0.375. The topological polar surface area (TPSA) is 76.3 Å². The van der Waals surface area contributed by atoms with Crippen LogP contribution in [0.4, 0.5) is 5.69 Å². The minimum atomic E-state index is -1.50. The number of anilines is 1. The maximum atomic E-state index is 8.92.